The fourth-order valence-electron chi connectivity index (χ4n) is 1.47. The van der Waals surface area contributed by atoms with E-state index in [0.717, 1.165) is 0 Å². The van der Waals surface area contributed by atoms with E-state index in [4.69, 9.17) is 22.4 Å². The Hall–Kier alpha value is -1.59. The van der Waals surface area contributed by atoms with Crippen LogP contribution < -0.4 is 11.1 Å². The van der Waals surface area contributed by atoms with E-state index < -0.39 is 5.97 Å². The zero-order chi connectivity index (χ0) is 13.7. The number of amides is 1. The van der Waals surface area contributed by atoms with Gasteiger partial charge in [0, 0.05) is 12.2 Å². The number of nitrogens with one attached hydrogen (secondary N) is 1. The van der Waals surface area contributed by atoms with Crippen molar-refractivity contribution in [3.05, 3.63) is 28.8 Å². The lowest BCUT2D eigenvalue weighted by molar-refractivity contribution is -0.119. The van der Waals surface area contributed by atoms with Crippen LogP contribution in [0, 0.1) is 5.92 Å². The highest BCUT2D eigenvalue weighted by Gasteiger charge is 2.15. The van der Waals surface area contributed by atoms with Crippen LogP contribution in [0.1, 0.15) is 23.7 Å². The second-order valence-corrected chi connectivity index (χ2v) is 4.24. The van der Waals surface area contributed by atoms with E-state index in [0.29, 0.717) is 12.1 Å². The Morgan fingerprint density at radius 3 is 2.61 bits per heavy atom. The topological polar surface area (TPSA) is 92.4 Å². The summed E-state index contributed by atoms with van der Waals surface area (Å²) >= 11 is 5.80. The molecule has 4 N–H and O–H groups in total. The Kier molecular flexibility index (Phi) is 5.12. The molecule has 98 valence electrons. The summed E-state index contributed by atoms with van der Waals surface area (Å²) in [5, 5.41) is 11.6. The lowest BCUT2D eigenvalue weighted by Gasteiger charge is -2.13. The molecule has 0 aliphatic carbocycles. The molecule has 0 aliphatic heterocycles. The van der Waals surface area contributed by atoms with Gasteiger partial charge in [-0.2, -0.15) is 0 Å². The molecule has 1 amide bonds. The molecule has 0 aliphatic rings. The molecule has 1 atom stereocenters. The summed E-state index contributed by atoms with van der Waals surface area (Å²) in [5.74, 6) is -1.56. The van der Waals surface area contributed by atoms with E-state index in [-0.39, 0.29) is 29.0 Å². The van der Waals surface area contributed by atoms with Gasteiger partial charge in [0.2, 0.25) is 5.91 Å². The van der Waals surface area contributed by atoms with Gasteiger partial charge in [-0.25, -0.2) is 4.79 Å². The normalized spacial score (nSPS) is 11.9. The fraction of sp³-hybridized carbons (Fsp3) is 0.333. The standard InChI is InChI=1S/C12H15ClN2O3/c1-2-7(6-14)11(16)15-8-3-4-9(12(17)18)10(13)5-8/h3-5,7H,2,6,14H2,1H3,(H,15,16)(H,17,18). The van der Waals surface area contributed by atoms with Crippen LogP contribution in [-0.2, 0) is 4.79 Å². The first-order valence-electron chi connectivity index (χ1n) is 5.53. The Bertz CT molecular complexity index is 459. The minimum absolute atomic E-state index is 0.000493. The number of anilines is 1. The average Bonchev–Trinajstić information content (AvgIpc) is 2.30. The van der Waals surface area contributed by atoms with Gasteiger partial charge in [0.25, 0.3) is 0 Å². The van der Waals surface area contributed by atoms with Crippen LogP contribution in [0.15, 0.2) is 18.2 Å². The van der Waals surface area contributed by atoms with Crippen LogP contribution in [0.4, 0.5) is 5.69 Å². The maximum absolute atomic E-state index is 11.8. The lowest BCUT2D eigenvalue weighted by Crippen LogP contribution is -2.28. The number of rotatable bonds is 5. The van der Waals surface area contributed by atoms with Crippen molar-refractivity contribution in [2.75, 3.05) is 11.9 Å². The maximum atomic E-state index is 11.8. The number of halogens is 1. The van der Waals surface area contributed by atoms with E-state index in [1.54, 1.807) is 0 Å². The molecule has 1 aromatic carbocycles. The zero-order valence-electron chi connectivity index (χ0n) is 9.94. The minimum atomic E-state index is -1.11. The molecule has 0 saturated carbocycles. The molecule has 0 bridgehead atoms. The van der Waals surface area contributed by atoms with Crippen LogP contribution in [0.25, 0.3) is 0 Å². The van der Waals surface area contributed by atoms with Gasteiger partial charge in [0.05, 0.1) is 16.5 Å². The summed E-state index contributed by atoms with van der Waals surface area (Å²) in [6.07, 6.45) is 0.642. The van der Waals surface area contributed by atoms with Crippen molar-refractivity contribution in [2.24, 2.45) is 11.7 Å². The summed E-state index contributed by atoms with van der Waals surface area (Å²) < 4.78 is 0. The third kappa shape index (κ3) is 3.45. The predicted octanol–water partition coefficient (Wildman–Crippen LogP) is 1.96. The van der Waals surface area contributed by atoms with Crippen molar-refractivity contribution in [3.8, 4) is 0 Å². The SMILES string of the molecule is CCC(CN)C(=O)Nc1ccc(C(=O)O)c(Cl)c1. The van der Waals surface area contributed by atoms with Gasteiger partial charge in [0.1, 0.15) is 0 Å². The van der Waals surface area contributed by atoms with Crippen LogP contribution >= 0.6 is 11.6 Å². The third-order valence-corrected chi connectivity index (χ3v) is 2.93. The van der Waals surface area contributed by atoms with Crippen molar-refractivity contribution in [1.82, 2.24) is 0 Å². The average molecular weight is 271 g/mol. The fourth-order valence-corrected chi connectivity index (χ4v) is 1.73. The highest BCUT2D eigenvalue weighted by atomic mass is 35.5. The summed E-state index contributed by atoms with van der Waals surface area (Å²) in [5.41, 5.74) is 5.93. The molecule has 0 saturated heterocycles. The second-order valence-electron chi connectivity index (χ2n) is 3.83. The molecule has 0 fully saturated rings. The predicted molar refractivity (Wildman–Crippen MR) is 69.9 cm³/mol. The van der Waals surface area contributed by atoms with Crippen LogP contribution in [0.3, 0.4) is 0 Å². The van der Waals surface area contributed by atoms with Gasteiger partial charge in [-0.1, -0.05) is 18.5 Å². The van der Waals surface area contributed by atoms with Crippen LogP contribution in [-0.4, -0.2) is 23.5 Å². The van der Waals surface area contributed by atoms with E-state index in [9.17, 15) is 9.59 Å². The molecular formula is C12H15ClN2O3. The number of carbonyl (C=O) groups is 2. The molecule has 18 heavy (non-hydrogen) atoms. The molecule has 0 spiro atoms. The smallest absolute Gasteiger partial charge is 0.337 e. The second kappa shape index (κ2) is 6.37. The Morgan fingerprint density at radius 1 is 1.50 bits per heavy atom. The third-order valence-electron chi connectivity index (χ3n) is 2.62. The van der Waals surface area contributed by atoms with Crippen molar-refractivity contribution in [2.45, 2.75) is 13.3 Å². The van der Waals surface area contributed by atoms with Crippen molar-refractivity contribution >= 4 is 29.2 Å². The Morgan fingerprint density at radius 2 is 2.17 bits per heavy atom. The lowest BCUT2D eigenvalue weighted by atomic mass is 10.1. The van der Waals surface area contributed by atoms with Crippen molar-refractivity contribution < 1.29 is 14.7 Å². The van der Waals surface area contributed by atoms with E-state index in [1.807, 2.05) is 6.92 Å². The highest BCUT2D eigenvalue weighted by Crippen LogP contribution is 2.21. The van der Waals surface area contributed by atoms with Gasteiger partial charge < -0.3 is 16.2 Å². The molecule has 1 unspecified atom stereocenters. The molecule has 6 heteroatoms. The highest BCUT2D eigenvalue weighted by molar-refractivity contribution is 6.33. The molecular weight excluding hydrogens is 256 g/mol. The number of carboxylic acids is 1. The largest absolute Gasteiger partial charge is 0.478 e. The first-order valence-corrected chi connectivity index (χ1v) is 5.91. The number of hydrogen-bond donors (Lipinski definition) is 3. The molecule has 0 aromatic heterocycles. The van der Waals surface area contributed by atoms with Gasteiger partial charge in [-0.3, -0.25) is 4.79 Å². The van der Waals surface area contributed by atoms with Crippen LogP contribution in [0.2, 0.25) is 5.02 Å². The first kappa shape index (κ1) is 14.5. The number of carboxylic acid groups (broad SMARTS) is 1. The van der Waals surface area contributed by atoms with Gasteiger partial charge in [-0.15, -0.1) is 0 Å². The van der Waals surface area contributed by atoms with E-state index >= 15 is 0 Å². The van der Waals surface area contributed by atoms with Crippen molar-refractivity contribution in [3.63, 3.8) is 0 Å². The zero-order valence-corrected chi connectivity index (χ0v) is 10.7. The number of benzene rings is 1. The molecule has 1 rings (SSSR count). The van der Waals surface area contributed by atoms with Crippen molar-refractivity contribution in [1.29, 1.82) is 0 Å². The summed E-state index contributed by atoms with van der Waals surface area (Å²) in [7, 11) is 0. The first-order chi connectivity index (χ1) is 8.49. The molecule has 5 nitrogen and oxygen atoms in total. The number of carbonyl (C=O) groups excluding carboxylic acids is 1. The van der Waals surface area contributed by atoms with E-state index in [2.05, 4.69) is 5.32 Å². The van der Waals surface area contributed by atoms with Gasteiger partial charge >= 0.3 is 5.97 Å². The maximum Gasteiger partial charge on any atom is 0.337 e. The molecule has 0 heterocycles. The quantitative estimate of drug-likeness (QED) is 0.762. The van der Waals surface area contributed by atoms with Gasteiger partial charge in [-0.05, 0) is 24.6 Å². The van der Waals surface area contributed by atoms with Gasteiger partial charge in [0.15, 0.2) is 0 Å². The van der Waals surface area contributed by atoms with E-state index in [1.165, 1.54) is 18.2 Å². The Labute approximate surface area is 110 Å². The summed E-state index contributed by atoms with van der Waals surface area (Å²) in [6.45, 7) is 2.14. The Balaban J connectivity index is 2.83. The van der Waals surface area contributed by atoms with Crippen LogP contribution in [0.5, 0.6) is 0 Å². The minimum Gasteiger partial charge on any atom is -0.478 e. The number of nitrogens with two attached hydrogens (primary N) is 1. The number of hydrogen-bond acceptors (Lipinski definition) is 3. The number of aromatic carboxylic acids is 1. The summed E-state index contributed by atoms with van der Waals surface area (Å²) in [6, 6.07) is 4.26. The molecule has 0 radical (unpaired) electrons. The summed E-state index contributed by atoms with van der Waals surface area (Å²) in [4.78, 5) is 22.5. The monoisotopic (exact) mass is 270 g/mol. The molecule has 1 aromatic rings.